The Labute approximate surface area is 535 Å². The number of aliphatic hydroxyl groups excluding tert-OH is 1. The molecule has 4 rings (SSSR count). The number of carboxylic acids is 3. The van der Waals surface area contributed by atoms with Crippen LogP contribution in [0.1, 0.15) is 98.1 Å². The van der Waals surface area contributed by atoms with Crippen molar-refractivity contribution < 1.29 is 78.0 Å². The molecule has 504 valence electrons. The first-order chi connectivity index (χ1) is 43.3. The van der Waals surface area contributed by atoms with E-state index in [0.29, 0.717) is 32.9 Å². The zero-order valence-corrected chi connectivity index (χ0v) is 53.1. The lowest BCUT2D eigenvalue weighted by molar-refractivity contribution is -0.145. The number of aliphatic imine (C=N–C) groups is 1. The van der Waals surface area contributed by atoms with E-state index >= 15 is 0 Å². The highest BCUT2D eigenvalue weighted by Crippen LogP contribution is 2.22. The third-order valence-corrected chi connectivity index (χ3v) is 15.4. The summed E-state index contributed by atoms with van der Waals surface area (Å²) in [6.45, 7) is 11.2. The number of amides is 9. The van der Waals surface area contributed by atoms with Gasteiger partial charge in [-0.1, -0.05) is 84.4 Å². The van der Waals surface area contributed by atoms with Crippen LogP contribution in [0.25, 0.3) is 21.8 Å². The standard InChI is InChI=1S/C60H87N15O16S/c1-8-30(6)48(58(89)72-44(27-92)56(87)75-49(31(7)76)59(90)91)74-54(85)41(22-33-26-66-38-17-12-10-15-35(33)38)68-53(84)42(23-45(77)78)70-52(83)40(21-32-25-65-37-16-11-9-14-34(32)37)71-57(88)47(29(4)5)73-55(86)43(24-46(79)80)69-51(82)39(18-13-19-64-60(62)63)67-50(81)36(61)20-28(2)3/h9-12,14-17,25-26,28-31,36,39-44,47-49,65-66,76,92H,8,13,18-24,27,61H2,1-7H3,(H,67,81)(H,68,84)(H,69,82)(H,70,83)(H,71,88)(H,72,89)(H,73,86)(H,74,85)(H,75,87)(H,77,78)(H,79,80)(H,90,91)(H4,62,63,64)/t30-,31+,36-,39-,40-,41-,42-,43-,44-,47-,48-,49-/m0/s1. The molecule has 0 fully saturated rings. The molecule has 0 unspecified atom stereocenters. The van der Waals surface area contributed by atoms with Crippen molar-refractivity contribution in [2.75, 3.05) is 12.3 Å². The summed E-state index contributed by atoms with van der Waals surface area (Å²) in [5.74, 6) is -16.0. The highest BCUT2D eigenvalue weighted by molar-refractivity contribution is 7.80. The van der Waals surface area contributed by atoms with Crippen LogP contribution in [0.5, 0.6) is 0 Å². The molecule has 12 atom stereocenters. The molecular formula is C60H87N15O16S. The number of nitrogens with two attached hydrogens (primary N) is 3. The van der Waals surface area contributed by atoms with Crippen LogP contribution in [0.2, 0.25) is 0 Å². The number of guanidine groups is 1. The second-order valence-corrected chi connectivity index (χ2v) is 23.6. The molecule has 2 aromatic carbocycles. The highest BCUT2D eigenvalue weighted by atomic mass is 32.1. The van der Waals surface area contributed by atoms with Crippen LogP contribution in [0.15, 0.2) is 65.9 Å². The Bertz CT molecular complexity index is 3290. The first-order valence-electron chi connectivity index (χ1n) is 29.9. The predicted molar refractivity (Wildman–Crippen MR) is 341 cm³/mol. The van der Waals surface area contributed by atoms with Gasteiger partial charge in [-0.3, -0.25) is 57.7 Å². The van der Waals surface area contributed by atoms with Crippen LogP contribution in [0.3, 0.4) is 0 Å². The number of carbonyl (C=O) groups is 12. The van der Waals surface area contributed by atoms with Gasteiger partial charge in [-0.2, -0.15) is 12.6 Å². The number of carbonyl (C=O) groups excluding carboxylic acids is 9. The normalized spacial score (nSPS) is 15.3. The summed E-state index contributed by atoms with van der Waals surface area (Å²) in [4.78, 5) is 174. The van der Waals surface area contributed by atoms with Gasteiger partial charge in [0.25, 0.3) is 0 Å². The van der Waals surface area contributed by atoms with E-state index in [1.165, 1.54) is 13.8 Å². The van der Waals surface area contributed by atoms with Crippen molar-refractivity contribution in [3.05, 3.63) is 72.1 Å². The maximum atomic E-state index is 14.8. The number of rotatable bonds is 38. The average molecular weight is 1310 g/mol. The largest absolute Gasteiger partial charge is 0.481 e. The van der Waals surface area contributed by atoms with E-state index in [9.17, 15) is 78.0 Å². The van der Waals surface area contributed by atoms with Crippen LogP contribution in [-0.2, 0) is 70.4 Å². The summed E-state index contributed by atoms with van der Waals surface area (Å²) in [5.41, 5.74) is 19.2. The predicted octanol–water partition coefficient (Wildman–Crippen LogP) is -1.73. The van der Waals surface area contributed by atoms with Crippen molar-refractivity contribution in [1.82, 2.24) is 57.8 Å². The molecule has 0 radical (unpaired) electrons. The molecule has 4 aromatic rings. The number of fused-ring (bicyclic) bond motifs is 2. The number of aromatic amines is 2. The summed E-state index contributed by atoms with van der Waals surface area (Å²) in [6, 6.07) is -2.01. The number of para-hydroxylation sites is 2. The molecular weight excluding hydrogens is 1220 g/mol. The minimum absolute atomic E-state index is 0.00575. The van der Waals surface area contributed by atoms with Gasteiger partial charge in [-0.05, 0) is 67.2 Å². The fourth-order valence-corrected chi connectivity index (χ4v) is 10.1. The van der Waals surface area contributed by atoms with Crippen LogP contribution in [0, 0.1) is 17.8 Å². The number of aromatic nitrogens is 2. The van der Waals surface area contributed by atoms with Gasteiger partial charge in [-0.25, -0.2) is 4.79 Å². The van der Waals surface area contributed by atoms with Crippen LogP contribution in [-0.4, -0.2) is 186 Å². The molecule has 0 aliphatic carbocycles. The Morgan fingerprint density at radius 3 is 1.39 bits per heavy atom. The van der Waals surface area contributed by atoms with Gasteiger partial charge < -0.3 is 95.4 Å². The van der Waals surface area contributed by atoms with Gasteiger partial charge in [0.05, 0.1) is 25.0 Å². The number of nitrogens with one attached hydrogen (secondary N) is 11. The lowest BCUT2D eigenvalue weighted by Crippen LogP contribution is -2.62. The van der Waals surface area contributed by atoms with E-state index < -0.39 is 162 Å². The molecule has 32 heteroatoms. The number of hydrogen-bond acceptors (Lipinski definition) is 16. The van der Waals surface area contributed by atoms with Crippen molar-refractivity contribution in [2.45, 2.75) is 166 Å². The number of carboxylic acid groups (broad SMARTS) is 3. The maximum Gasteiger partial charge on any atom is 0.328 e. The monoisotopic (exact) mass is 1310 g/mol. The number of aliphatic hydroxyl groups is 1. The summed E-state index contributed by atoms with van der Waals surface area (Å²) < 4.78 is 0. The van der Waals surface area contributed by atoms with E-state index in [4.69, 9.17) is 17.2 Å². The van der Waals surface area contributed by atoms with Gasteiger partial charge in [-0.15, -0.1) is 0 Å². The average Bonchev–Trinajstić information content (AvgIpc) is 1.72. The SMILES string of the molecule is CC[C@H](C)[C@H](NC(=O)[C@H](Cc1c[nH]c2ccccc12)NC(=O)[C@H](CC(=O)O)NC(=O)[C@H](Cc1c[nH]c2ccccc12)NC(=O)[C@@H](NC(=O)[C@H](CC(=O)O)NC(=O)[C@H](CCCN=C(N)N)NC(=O)[C@@H](N)CC(C)C)C(C)C)C(=O)N[C@@H](CS)C(=O)N[C@H](C(=O)O)[C@@H](C)O. The zero-order valence-electron chi connectivity index (χ0n) is 52.2. The van der Waals surface area contributed by atoms with Crippen molar-refractivity contribution in [2.24, 2.45) is 39.9 Å². The summed E-state index contributed by atoms with van der Waals surface area (Å²) >= 11 is 4.16. The Balaban J connectivity index is 1.69. The molecule has 2 heterocycles. The van der Waals surface area contributed by atoms with Gasteiger partial charge >= 0.3 is 17.9 Å². The fourth-order valence-electron chi connectivity index (χ4n) is 9.81. The first kappa shape index (κ1) is 75.2. The summed E-state index contributed by atoms with van der Waals surface area (Å²) in [5, 5.41) is 63.1. The van der Waals surface area contributed by atoms with E-state index in [0.717, 1.165) is 6.92 Å². The van der Waals surface area contributed by atoms with Crippen molar-refractivity contribution in [1.29, 1.82) is 0 Å². The second-order valence-electron chi connectivity index (χ2n) is 23.2. The molecule has 9 amide bonds. The Morgan fingerprint density at radius 2 is 0.935 bits per heavy atom. The lowest BCUT2D eigenvalue weighted by atomic mass is 9.96. The van der Waals surface area contributed by atoms with E-state index in [-0.39, 0.29) is 62.7 Å². The molecule has 0 aliphatic rings. The number of nitrogens with zero attached hydrogens (tertiary/aromatic N) is 1. The quantitative estimate of drug-likeness (QED) is 0.0103. The zero-order chi connectivity index (χ0) is 68.7. The topological polar surface area (TPSA) is 516 Å². The molecule has 92 heavy (non-hydrogen) atoms. The second kappa shape index (κ2) is 35.9. The number of hydrogen-bond donors (Lipinski definition) is 19. The van der Waals surface area contributed by atoms with Gasteiger partial charge in [0.15, 0.2) is 12.0 Å². The molecule has 0 bridgehead atoms. The Kier molecular flexibility index (Phi) is 29.3. The van der Waals surface area contributed by atoms with Crippen molar-refractivity contribution in [3.63, 3.8) is 0 Å². The molecule has 2 aromatic heterocycles. The molecule has 0 spiro atoms. The van der Waals surface area contributed by atoms with Gasteiger partial charge in [0.1, 0.15) is 48.3 Å². The lowest BCUT2D eigenvalue weighted by Gasteiger charge is -2.29. The third kappa shape index (κ3) is 22.9. The van der Waals surface area contributed by atoms with E-state index in [2.05, 4.69) is 75.4 Å². The number of aliphatic carboxylic acids is 3. The Hall–Kier alpha value is -9.30. The van der Waals surface area contributed by atoms with Gasteiger partial charge in [0, 0.05) is 59.3 Å². The maximum absolute atomic E-state index is 14.8. The van der Waals surface area contributed by atoms with Crippen molar-refractivity contribution in [3.8, 4) is 0 Å². The fraction of sp³-hybridized carbons (Fsp3) is 0.517. The minimum Gasteiger partial charge on any atom is -0.481 e. The molecule has 21 N–H and O–H groups in total. The Morgan fingerprint density at radius 1 is 0.533 bits per heavy atom. The summed E-state index contributed by atoms with van der Waals surface area (Å²) in [6.07, 6.45) is -0.605. The highest BCUT2D eigenvalue weighted by Gasteiger charge is 2.39. The minimum atomic E-state index is -1.99. The number of benzene rings is 2. The van der Waals surface area contributed by atoms with Crippen LogP contribution < -0.4 is 65.1 Å². The van der Waals surface area contributed by atoms with Crippen molar-refractivity contribution >= 4 is 111 Å². The van der Waals surface area contributed by atoms with Crippen LogP contribution in [0.4, 0.5) is 0 Å². The number of thiol groups is 1. The number of H-pyrrole nitrogens is 2. The summed E-state index contributed by atoms with van der Waals surface area (Å²) in [7, 11) is 0. The third-order valence-electron chi connectivity index (χ3n) is 15.0. The molecule has 0 aliphatic heterocycles. The first-order valence-corrected chi connectivity index (χ1v) is 30.6. The van der Waals surface area contributed by atoms with E-state index in [1.807, 2.05) is 13.8 Å². The molecule has 31 nitrogen and oxygen atoms in total. The molecule has 0 saturated carbocycles. The van der Waals surface area contributed by atoms with Gasteiger partial charge in [0.2, 0.25) is 53.2 Å². The van der Waals surface area contributed by atoms with Crippen LogP contribution >= 0.6 is 12.6 Å². The van der Waals surface area contributed by atoms with E-state index in [1.54, 1.807) is 74.8 Å². The molecule has 0 saturated heterocycles. The smallest absolute Gasteiger partial charge is 0.328 e.